The minimum atomic E-state index is -3.19. The number of carbonyl (C=O) groups excluding carboxylic acids is 2. The Morgan fingerprint density at radius 2 is 1.11 bits per heavy atom. The lowest BCUT2D eigenvalue weighted by atomic mass is 9.78. The monoisotopic (exact) mass is 1520 g/mol. The number of piperidine rings is 2. The number of sulfonamides is 2. The number of halogens is 3. The molecule has 4 fully saturated rings. The van der Waals surface area contributed by atoms with Gasteiger partial charge >= 0.3 is 0 Å². The van der Waals surface area contributed by atoms with E-state index < -0.39 is 35.5 Å². The number of hydrogen-bond donors (Lipinski definition) is 7. The normalized spacial score (nSPS) is 17.6. The highest BCUT2D eigenvalue weighted by atomic mass is 35.5. The first-order valence-electron chi connectivity index (χ1n) is 33.4. The fourth-order valence-corrected chi connectivity index (χ4v) is 17.1. The number of benzene rings is 6. The molecular formula is C71H82Cl3N17O9S3. The van der Waals surface area contributed by atoms with Crippen LogP contribution in [0.3, 0.4) is 0 Å². The molecule has 0 spiro atoms. The molecular weight excluding hydrogens is 1440 g/mol. The Balaban J connectivity index is 0.000000129. The van der Waals surface area contributed by atoms with E-state index in [1.807, 2.05) is 53.7 Å². The highest BCUT2D eigenvalue weighted by Gasteiger charge is 2.38. The van der Waals surface area contributed by atoms with Crippen molar-refractivity contribution < 1.29 is 39.9 Å². The van der Waals surface area contributed by atoms with Gasteiger partial charge in [-0.25, -0.2) is 30.0 Å². The average molecular weight is 1520 g/mol. The van der Waals surface area contributed by atoms with Crippen LogP contribution in [0, 0.1) is 11.3 Å². The topological polar surface area (TPSA) is 352 Å². The molecule has 32 heteroatoms. The first-order chi connectivity index (χ1) is 48.7. The number of anilines is 2. The number of nitrogens with one attached hydrogen (secondary N) is 6. The van der Waals surface area contributed by atoms with Gasteiger partial charge in [0.25, 0.3) is 5.91 Å². The molecule has 4 aliphatic heterocycles. The Morgan fingerprint density at radius 3 is 1.66 bits per heavy atom. The molecule has 15 rings (SSSR count). The predicted octanol–water partition coefficient (Wildman–Crippen LogP) is 10.9. The lowest BCUT2D eigenvalue weighted by Crippen LogP contribution is -2.51. The highest BCUT2D eigenvalue weighted by Crippen LogP contribution is 2.41. The maximum atomic E-state index is 12.1. The SMILES string of the molecule is CC(=O)N1CCC(c2cccc3[nH]ncc23)CC1(C)C.CC(C)(O)C(=O)N1CCC(c2cc(Cl)cc3[nH]ncc23)CC1.CS(=O)(=O)N1CCN(c2cc(C#N)cc3[nH]ncc23)CC1.CS(=O)(=O)NC1CCN(c2cc(Cl)cc3[nH]ncc23)C1.CS(=O)(=O)c1ccc(-c2cc(Cl)cc3[nH]ncc23)cc1. The molecule has 0 bridgehead atoms. The summed E-state index contributed by atoms with van der Waals surface area (Å²) in [6.45, 7) is 14.7. The van der Waals surface area contributed by atoms with E-state index in [4.69, 9.17) is 40.1 Å². The van der Waals surface area contributed by atoms with Crippen molar-refractivity contribution in [2.75, 3.05) is 87.5 Å². The van der Waals surface area contributed by atoms with Crippen molar-refractivity contribution in [3.63, 3.8) is 0 Å². The number of amides is 2. The second kappa shape index (κ2) is 30.9. The van der Waals surface area contributed by atoms with Crippen LogP contribution in [-0.4, -0.2) is 202 Å². The first kappa shape index (κ1) is 75.5. The van der Waals surface area contributed by atoms with Crippen molar-refractivity contribution in [2.45, 2.75) is 101 Å². The molecule has 103 heavy (non-hydrogen) atoms. The number of piperazine rings is 1. The number of hydrogen-bond acceptors (Lipinski definition) is 17. The Morgan fingerprint density at radius 1 is 0.592 bits per heavy atom. The van der Waals surface area contributed by atoms with Crippen LogP contribution in [0.15, 0.2) is 127 Å². The van der Waals surface area contributed by atoms with E-state index in [0.29, 0.717) is 83.2 Å². The molecule has 7 N–H and O–H groups in total. The Hall–Kier alpha value is -8.70. The number of fused-ring (bicyclic) bond motifs is 5. The zero-order chi connectivity index (χ0) is 73.9. The smallest absolute Gasteiger partial charge is 0.253 e. The number of nitriles is 1. The summed E-state index contributed by atoms with van der Waals surface area (Å²) in [4.78, 5) is 32.1. The van der Waals surface area contributed by atoms with E-state index >= 15 is 0 Å². The molecule has 0 aliphatic carbocycles. The standard InChI is InChI=1S/C16H20ClN3O2.C16H21N3O.C14H11ClN2O2S.C13H15N5O2S.C12H15ClN4O2S/c1-16(2,22)15(21)20-5-3-10(4-6-20)12-7-11(17)8-14-13(12)9-18-19-14;1-11(20)19-8-7-12(9-16(19,2)3)13-5-4-6-15-14(13)10-17-18-15;1-20(18,19)11-4-2-9(3-5-11)12-6-10(15)7-14-13(12)8-16-17-14;1-21(19,20)18-4-2-17(3-5-18)13-7-10(8-14)6-12-11(13)9-15-16-12;1-20(18,19)16-9-2-3-17(7-9)12-5-8(13)4-11-10(12)6-14-15-11/h7-10,22H,3-6H2,1-2H3,(H,18,19);4-6,10,12H,7-9H2,1-3H3,(H,17,18);2-8H,1H3,(H,16,17);6-7,9H,2-5H2,1H3,(H,15,16);4-6,9,16H,2-3,7H2,1H3,(H,14,15). The second-order valence-corrected chi connectivity index (χ2v) is 34.6. The minimum absolute atomic E-state index is 0.0640. The Kier molecular flexibility index (Phi) is 22.7. The third kappa shape index (κ3) is 18.1. The number of rotatable bonds is 10. The lowest BCUT2D eigenvalue weighted by Gasteiger charge is -2.45. The van der Waals surface area contributed by atoms with Gasteiger partial charge in [0.15, 0.2) is 9.84 Å². The van der Waals surface area contributed by atoms with Gasteiger partial charge in [0.05, 0.1) is 87.6 Å². The van der Waals surface area contributed by atoms with Crippen LogP contribution in [-0.2, 0) is 39.5 Å². The molecule has 4 saturated heterocycles. The summed E-state index contributed by atoms with van der Waals surface area (Å²) >= 11 is 18.4. The molecule has 2 amide bonds. The lowest BCUT2D eigenvalue weighted by molar-refractivity contribution is -0.149. The van der Waals surface area contributed by atoms with Gasteiger partial charge in [-0.05, 0) is 161 Å². The summed E-state index contributed by atoms with van der Waals surface area (Å²) in [6.07, 6.45) is 17.1. The third-order valence-corrected chi connectivity index (χ3v) is 22.9. The van der Waals surface area contributed by atoms with Gasteiger partial charge < -0.3 is 24.7 Å². The Labute approximate surface area is 612 Å². The van der Waals surface area contributed by atoms with E-state index in [1.165, 1.54) is 53.4 Å². The zero-order valence-corrected chi connectivity index (χ0v) is 62.9. The van der Waals surface area contributed by atoms with Crippen molar-refractivity contribution >= 4 is 142 Å². The number of likely N-dealkylation sites (tertiary alicyclic amines) is 2. The van der Waals surface area contributed by atoms with Gasteiger partial charge in [0, 0.05) is 137 Å². The Bertz CT molecular complexity index is 5300. The fraction of sp³-hybridized carbons (Fsp3) is 0.380. The quantitative estimate of drug-likeness (QED) is 0.0669. The molecule has 11 aromatic rings. The van der Waals surface area contributed by atoms with Gasteiger partial charge in [-0.3, -0.25) is 35.1 Å². The van der Waals surface area contributed by atoms with E-state index in [9.17, 15) is 39.9 Å². The van der Waals surface area contributed by atoms with Crippen LogP contribution >= 0.6 is 34.8 Å². The van der Waals surface area contributed by atoms with Crippen LogP contribution in [0.4, 0.5) is 11.4 Å². The number of sulfone groups is 1. The average Bonchev–Trinajstić information content (AvgIpc) is 1.80. The number of aromatic amines is 5. The second-order valence-electron chi connectivity index (χ2n) is 27.5. The fourth-order valence-electron chi connectivity index (χ4n) is 14.2. The number of aromatic nitrogens is 10. The maximum Gasteiger partial charge on any atom is 0.253 e. The third-order valence-electron chi connectivity index (χ3n) is 19.1. The highest BCUT2D eigenvalue weighted by molar-refractivity contribution is 7.90. The van der Waals surface area contributed by atoms with Gasteiger partial charge in [-0.2, -0.15) is 35.1 Å². The number of nitrogens with zero attached hydrogens (tertiary/aromatic N) is 11. The molecule has 26 nitrogen and oxygen atoms in total. The van der Waals surface area contributed by atoms with Crippen LogP contribution in [0.25, 0.3) is 65.6 Å². The summed E-state index contributed by atoms with van der Waals surface area (Å²) in [7, 11) is -9.50. The van der Waals surface area contributed by atoms with Crippen molar-refractivity contribution in [2.24, 2.45) is 0 Å². The van der Waals surface area contributed by atoms with Crippen LogP contribution < -0.4 is 14.5 Å². The number of H-pyrrole nitrogens is 5. The number of carbonyl (C=O) groups is 2. The molecule has 2 unspecified atom stereocenters. The van der Waals surface area contributed by atoms with Gasteiger partial charge in [-0.15, -0.1) is 0 Å². The van der Waals surface area contributed by atoms with Crippen molar-refractivity contribution in [3.8, 4) is 17.2 Å². The van der Waals surface area contributed by atoms with Crippen LogP contribution in [0.2, 0.25) is 15.1 Å². The number of aliphatic hydroxyl groups is 1. The molecule has 5 aromatic heterocycles. The summed E-state index contributed by atoms with van der Waals surface area (Å²) in [5.41, 5.74) is 10.0. The summed E-state index contributed by atoms with van der Waals surface area (Å²) < 4.78 is 72.7. The molecule has 0 radical (unpaired) electrons. The summed E-state index contributed by atoms with van der Waals surface area (Å²) in [5.74, 6) is 0.812. The van der Waals surface area contributed by atoms with E-state index in [2.05, 4.69) is 104 Å². The van der Waals surface area contributed by atoms with Crippen LogP contribution in [0.5, 0.6) is 0 Å². The van der Waals surface area contributed by atoms with E-state index in [1.54, 1.807) is 66.8 Å². The minimum Gasteiger partial charge on any atom is -0.381 e. The van der Waals surface area contributed by atoms with Crippen molar-refractivity contribution in [3.05, 3.63) is 154 Å². The zero-order valence-electron chi connectivity index (χ0n) is 58.2. The molecule has 6 aromatic carbocycles. The van der Waals surface area contributed by atoms with Gasteiger partial charge in [0.2, 0.25) is 26.0 Å². The van der Waals surface area contributed by atoms with Crippen LogP contribution in [0.1, 0.15) is 95.2 Å². The van der Waals surface area contributed by atoms with E-state index in [0.717, 1.165) is 117 Å². The molecule has 2 atom stereocenters. The largest absolute Gasteiger partial charge is 0.381 e. The van der Waals surface area contributed by atoms with E-state index in [-0.39, 0.29) is 23.4 Å². The molecule has 4 aliphatic rings. The predicted molar refractivity (Wildman–Crippen MR) is 404 cm³/mol. The molecule has 9 heterocycles. The molecule has 0 saturated carbocycles. The van der Waals surface area contributed by atoms with Crippen molar-refractivity contribution in [1.29, 1.82) is 5.26 Å². The summed E-state index contributed by atoms with van der Waals surface area (Å²) in [5, 5.41) is 61.0. The van der Waals surface area contributed by atoms with Gasteiger partial charge in [0.1, 0.15) is 5.60 Å². The summed E-state index contributed by atoms with van der Waals surface area (Å²) in [6, 6.07) is 30.0. The van der Waals surface area contributed by atoms with Crippen molar-refractivity contribution in [1.82, 2.24) is 69.8 Å². The maximum absolute atomic E-state index is 12.1. The van der Waals surface area contributed by atoms with Gasteiger partial charge in [-0.1, -0.05) is 59.1 Å². The molecule has 544 valence electrons. The first-order valence-corrected chi connectivity index (χ1v) is 40.2.